The molecule has 10 heterocycles. The van der Waals surface area contributed by atoms with Crippen molar-refractivity contribution in [1.82, 2.24) is 50.4 Å². The van der Waals surface area contributed by atoms with Crippen LogP contribution in [-0.4, -0.2) is 164 Å². The van der Waals surface area contributed by atoms with Gasteiger partial charge in [-0.1, -0.05) is 73.5 Å². The van der Waals surface area contributed by atoms with Gasteiger partial charge in [-0.3, -0.25) is 19.5 Å². The van der Waals surface area contributed by atoms with Crippen LogP contribution in [-0.2, 0) is 14.3 Å². The molecule has 448 valence electrons. The highest BCUT2D eigenvalue weighted by atomic mass is 32.1. The van der Waals surface area contributed by atoms with Crippen LogP contribution in [0.1, 0.15) is 100 Å². The number of β-amino-alcohol motifs (C(OH)–C–C–N with tert-alkyl or cyclic N) is 1. The van der Waals surface area contributed by atoms with Gasteiger partial charge in [0.2, 0.25) is 11.8 Å². The van der Waals surface area contributed by atoms with E-state index in [4.69, 9.17) is 30.4 Å². The van der Waals surface area contributed by atoms with Gasteiger partial charge in [0.1, 0.15) is 48.0 Å². The van der Waals surface area contributed by atoms with Gasteiger partial charge < -0.3 is 49.3 Å². The Morgan fingerprint density at radius 1 is 0.953 bits per heavy atom. The summed E-state index contributed by atoms with van der Waals surface area (Å²) < 4.78 is 51.0. The summed E-state index contributed by atoms with van der Waals surface area (Å²) in [5.74, 6) is 1.01. The van der Waals surface area contributed by atoms with Gasteiger partial charge in [-0.15, -0.1) is 17.8 Å². The van der Waals surface area contributed by atoms with E-state index in [2.05, 4.69) is 41.5 Å². The smallest absolute Gasteiger partial charge is 0.409 e. The molecule has 3 amide bonds. The molecule has 0 saturated carbocycles. The lowest BCUT2D eigenvalue weighted by Crippen LogP contribution is -2.51. The van der Waals surface area contributed by atoms with Crippen LogP contribution in [0.2, 0.25) is 0 Å². The monoisotopic (exact) mass is 1190 g/mol. The highest BCUT2D eigenvalue weighted by Crippen LogP contribution is 2.44. The number of thiazole rings is 1. The molecule has 8 atom stereocenters. The molecule has 2 bridgehead atoms. The summed E-state index contributed by atoms with van der Waals surface area (Å²) in [6.07, 6.45) is 11.7. The fourth-order valence-electron chi connectivity index (χ4n) is 14.2. The number of ether oxygens (including phenoxy) is 2. The average Bonchev–Trinajstić information content (AvgIpc) is 1.70. The fourth-order valence-corrected chi connectivity index (χ4v) is 15.0. The van der Waals surface area contributed by atoms with Gasteiger partial charge in [-0.05, 0) is 87.4 Å². The molecule has 19 nitrogen and oxygen atoms in total. The van der Waals surface area contributed by atoms with E-state index >= 15 is 8.78 Å². The summed E-state index contributed by atoms with van der Waals surface area (Å²) in [6, 6.07) is 17.3. The van der Waals surface area contributed by atoms with E-state index < -0.39 is 35.8 Å². The second kappa shape index (κ2) is 23.4. The lowest BCUT2D eigenvalue weighted by molar-refractivity contribution is -0.141. The first-order valence-corrected chi connectivity index (χ1v) is 30.9. The zero-order chi connectivity index (χ0) is 59.5. The standard InChI is InChI=1S/C64H70F2N12O7S/c1-6-46-49(65)18-15-40-9-7-10-47(54(40)46)56-55(66)57-48(29-67-56)59(76-30-42-16-17-43(31-76)70-42)72-62(71-57)84-34-64-20-8-22-78(64)44(19-21-64)33-83-63(82)75-25-23-74(24-26-75)52-28-51(85-73-52)53(36(2)3)61(81)77-32-45(79)27-50(77)60(80)69-37(4)39-11-13-41(14-12-39)58-38(5)68-35-86-58/h1,7,9-15,18,28-29,35-37,42-45,50,53,70,79H,8,16-17,19-27,30-34H2,2-5H3,(H,69,80)/t37-,42?,43?,44?,45+,50-,53+,64+/m0/s1. The van der Waals surface area contributed by atoms with Gasteiger partial charge in [-0.25, -0.2) is 18.6 Å². The largest absolute Gasteiger partial charge is 0.461 e. The second-order valence-corrected chi connectivity index (χ2v) is 25.3. The summed E-state index contributed by atoms with van der Waals surface area (Å²) in [7, 11) is 0. The van der Waals surface area contributed by atoms with Crippen molar-refractivity contribution in [3.05, 3.63) is 107 Å². The molecule has 0 aliphatic carbocycles. The second-order valence-electron chi connectivity index (χ2n) is 24.4. The first kappa shape index (κ1) is 57.2. The summed E-state index contributed by atoms with van der Waals surface area (Å²) in [6.45, 7) is 12.0. The number of hydrogen-bond acceptors (Lipinski definition) is 17. The Hall–Kier alpha value is -7.84. The highest BCUT2D eigenvalue weighted by Gasteiger charge is 2.51. The van der Waals surface area contributed by atoms with E-state index in [1.54, 1.807) is 52.8 Å². The van der Waals surface area contributed by atoms with E-state index in [1.807, 2.05) is 62.4 Å². The Kier molecular flexibility index (Phi) is 15.6. The molecule has 3 unspecified atom stereocenters. The van der Waals surface area contributed by atoms with E-state index in [0.717, 1.165) is 66.8 Å². The third-order valence-electron chi connectivity index (χ3n) is 18.7. The van der Waals surface area contributed by atoms with Gasteiger partial charge >= 0.3 is 12.1 Å². The number of benzene rings is 3. The number of aliphatic hydroxyl groups is 1. The topological polar surface area (TPSA) is 208 Å². The van der Waals surface area contributed by atoms with Gasteiger partial charge in [0.15, 0.2) is 17.4 Å². The molecule has 13 rings (SSSR count). The number of fused-ring (bicyclic) bond motifs is 5. The number of halogens is 2. The van der Waals surface area contributed by atoms with E-state index in [-0.39, 0.29) is 96.4 Å². The average molecular weight is 1190 g/mol. The number of piperazine rings is 2. The van der Waals surface area contributed by atoms with Crippen LogP contribution in [0.25, 0.3) is 43.4 Å². The number of hydrogen-bond donors (Lipinski definition) is 3. The number of aliphatic hydroxyl groups excluding tert-OH is 1. The molecule has 3 N–H and O–H groups in total. The first-order valence-electron chi connectivity index (χ1n) is 30.0. The maximum absolute atomic E-state index is 17.3. The summed E-state index contributed by atoms with van der Waals surface area (Å²) in [5.41, 5.74) is 4.82. The lowest BCUT2D eigenvalue weighted by Gasteiger charge is -2.36. The highest BCUT2D eigenvalue weighted by molar-refractivity contribution is 7.13. The number of nitrogens with one attached hydrogen (secondary N) is 2. The van der Waals surface area contributed by atoms with Crippen LogP contribution in [0.5, 0.6) is 6.01 Å². The van der Waals surface area contributed by atoms with Crippen molar-refractivity contribution in [3.63, 3.8) is 0 Å². The Bertz CT molecular complexity index is 3760. The molecular formula is C64H70F2N12O7S. The van der Waals surface area contributed by atoms with Crippen molar-refractivity contribution < 1.29 is 42.3 Å². The Morgan fingerprint density at radius 3 is 2.49 bits per heavy atom. The molecule has 0 radical (unpaired) electrons. The maximum Gasteiger partial charge on any atom is 0.409 e. The molecule has 0 spiro atoms. The van der Waals surface area contributed by atoms with Crippen molar-refractivity contribution in [1.29, 1.82) is 0 Å². The van der Waals surface area contributed by atoms with Crippen LogP contribution < -0.4 is 25.2 Å². The number of terminal acetylenes is 1. The molecule has 4 aromatic heterocycles. The summed E-state index contributed by atoms with van der Waals surface area (Å²) >= 11 is 1.58. The first-order chi connectivity index (χ1) is 41.6. The number of carbonyl (C=O) groups is 3. The van der Waals surface area contributed by atoms with Crippen LogP contribution in [0, 0.1) is 36.8 Å². The lowest BCUT2D eigenvalue weighted by atomic mass is 9.91. The molecule has 86 heavy (non-hydrogen) atoms. The number of carbonyl (C=O) groups excluding carboxylic acids is 3. The van der Waals surface area contributed by atoms with Crippen LogP contribution in [0.15, 0.2) is 76.9 Å². The molecule has 6 saturated heterocycles. The van der Waals surface area contributed by atoms with Crippen LogP contribution >= 0.6 is 11.3 Å². The van der Waals surface area contributed by atoms with Crippen molar-refractivity contribution in [2.24, 2.45) is 5.92 Å². The minimum absolute atomic E-state index is 0.00215. The fraction of sp³-hybridized carbons (Fsp3) is 0.469. The molecule has 6 aliphatic heterocycles. The number of aryl methyl sites for hydroxylation is 1. The van der Waals surface area contributed by atoms with Gasteiger partial charge in [0.05, 0.1) is 44.7 Å². The molecule has 22 heteroatoms. The number of pyridine rings is 1. The van der Waals surface area contributed by atoms with E-state index in [9.17, 15) is 19.5 Å². The van der Waals surface area contributed by atoms with Crippen molar-refractivity contribution in [2.75, 3.05) is 75.4 Å². The normalized spacial score (nSPS) is 23.7. The van der Waals surface area contributed by atoms with Crippen LogP contribution in [0.3, 0.4) is 0 Å². The number of amides is 3. The summed E-state index contributed by atoms with van der Waals surface area (Å²) in [4.78, 5) is 71.7. The molecule has 7 aromatic rings. The minimum atomic E-state index is -0.871. The zero-order valence-electron chi connectivity index (χ0n) is 48.7. The number of nitrogens with zero attached hydrogens (tertiary/aromatic N) is 10. The number of anilines is 2. The Balaban J connectivity index is 0.634. The number of rotatable bonds is 15. The Labute approximate surface area is 501 Å². The predicted molar refractivity (Wildman–Crippen MR) is 322 cm³/mol. The van der Waals surface area contributed by atoms with E-state index in [1.165, 1.54) is 11.0 Å². The quantitative estimate of drug-likeness (QED) is 0.0824. The van der Waals surface area contributed by atoms with Crippen molar-refractivity contribution in [2.45, 2.75) is 120 Å². The molecule has 3 aromatic carbocycles. The third kappa shape index (κ3) is 10.7. The van der Waals surface area contributed by atoms with E-state index in [0.29, 0.717) is 78.4 Å². The van der Waals surface area contributed by atoms with Crippen LogP contribution in [0.4, 0.5) is 25.2 Å². The number of aromatic nitrogens is 5. The van der Waals surface area contributed by atoms with Gasteiger partial charge in [-0.2, -0.15) is 9.97 Å². The summed E-state index contributed by atoms with van der Waals surface area (Å²) in [5, 5.41) is 23.5. The van der Waals surface area contributed by atoms with Gasteiger partial charge in [0.25, 0.3) is 0 Å². The number of likely N-dealkylation sites (tertiary alicyclic amines) is 1. The third-order valence-corrected chi connectivity index (χ3v) is 19.7. The predicted octanol–water partition coefficient (Wildman–Crippen LogP) is 8.38. The van der Waals surface area contributed by atoms with Crippen molar-refractivity contribution in [3.8, 4) is 40.1 Å². The SMILES string of the molecule is C#Cc1c(F)ccc2cccc(-c3ncc4c(N5CC6CCC(C5)N6)nc(OC[C@]56CCCN5C(COC(=O)N5CCN(c7cc([C@H](C(=O)N8C[C@H](O)C[C@H]8C(=O)N[C@@H](C)c8ccc(-c9scnc9C)cc8)C(C)C)on7)CC5)CC6)nc4c3F)c12. The minimum Gasteiger partial charge on any atom is -0.461 e. The molecule has 6 aliphatic rings. The van der Waals surface area contributed by atoms with Gasteiger partial charge in [0, 0.05) is 93.6 Å². The maximum atomic E-state index is 17.3. The molecule has 6 fully saturated rings. The Morgan fingerprint density at radius 2 is 1.74 bits per heavy atom. The zero-order valence-corrected chi connectivity index (χ0v) is 49.5. The molecular weight excluding hydrogens is 1120 g/mol. The van der Waals surface area contributed by atoms with Crippen molar-refractivity contribution >= 4 is 62.6 Å².